The van der Waals surface area contributed by atoms with Gasteiger partial charge in [0.05, 0.1) is 16.1 Å². The standard InChI is InChI=1S/C13H15Cl2NO/c14-10-4-6-3-9-12(16)2-1-7(13(9)17)8(6)5-11(10)15/h4-5,7,9,12-13,17H,1-3,16H2/t7-,9-,12+,13-/m1/s1. The van der Waals surface area contributed by atoms with Crippen LogP contribution < -0.4 is 5.73 Å². The number of aliphatic hydroxyl groups is 1. The second kappa shape index (κ2) is 4.13. The van der Waals surface area contributed by atoms with Crippen LogP contribution in [0.4, 0.5) is 0 Å². The maximum absolute atomic E-state index is 10.3. The molecule has 0 heterocycles. The van der Waals surface area contributed by atoms with E-state index in [0.29, 0.717) is 10.0 Å². The average Bonchev–Trinajstić information content (AvgIpc) is 2.27. The monoisotopic (exact) mass is 271 g/mol. The fraction of sp³-hybridized carbons (Fsp3) is 0.538. The Kier molecular flexibility index (Phi) is 2.86. The van der Waals surface area contributed by atoms with E-state index in [1.54, 1.807) is 0 Å². The highest BCUT2D eigenvalue weighted by atomic mass is 35.5. The van der Waals surface area contributed by atoms with E-state index in [0.717, 1.165) is 24.8 Å². The second-order valence-corrected chi connectivity index (χ2v) is 5.99. The molecule has 17 heavy (non-hydrogen) atoms. The van der Waals surface area contributed by atoms with E-state index in [1.165, 1.54) is 5.56 Å². The predicted octanol–water partition coefficient (Wildman–Crippen LogP) is 2.73. The summed E-state index contributed by atoms with van der Waals surface area (Å²) in [5, 5.41) is 11.5. The molecule has 0 unspecified atom stereocenters. The van der Waals surface area contributed by atoms with Gasteiger partial charge < -0.3 is 10.8 Å². The first-order valence-electron chi connectivity index (χ1n) is 5.99. The van der Waals surface area contributed by atoms with Crippen molar-refractivity contribution in [3.8, 4) is 0 Å². The fourth-order valence-electron chi connectivity index (χ4n) is 3.30. The summed E-state index contributed by atoms with van der Waals surface area (Å²) >= 11 is 12.1. The van der Waals surface area contributed by atoms with E-state index in [1.807, 2.05) is 12.1 Å². The Morgan fingerprint density at radius 1 is 1.18 bits per heavy atom. The number of nitrogens with two attached hydrogens (primary N) is 1. The third-order valence-corrected chi connectivity index (χ3v) is 4.97. The van der Waals surface area contributed by atoms with Crippen LogP contribution in [-0.2, 0) is 6.42 Å². The number of benzene rings is 1. The zero-order valence-corrected chi connectivity index (χ0v) is 10.9. The van der Waals surface area contributed by atoms with Gasteiger partial charge in [-0.25, -0.2) is 0 Å². The van der Waals surface area contributed by atoms with Crippen molar-refractivity contribution >= 4 is 23.2 Å². The first-order chi connectivity index (χ1) is 8.08. The van der Waals surface area contributed by atoms with Crippen molar-refractivity contribution in [3.05, 3.63) is 33.3 Å². The van der Waals surface area contributed by atoms with Gasteiger partial charge in [-0.3, -0.25) is 0 Å². The highest BCUT2D eigenvalue weighted by molar-refractivity contribution is 6.42. The molecule has 4 heteroatoms. The van der Waals surface area contributed by atoms with Gasteiger partial charge in [0.2, 0.25) is 0 Å². The van der Waals surface area contributed by atoms with Gasteiger partial charge in [0.25, 0.3) is 0 Å². The van der Waals surface area contributed by atoms with Crippen molar-refractivity contribution in [1.29, 1.82) is 0 Å². The summed E-state index contributed by atoms with van der Waals surface area (Å²) in [5.41, 5.74) is 8.45. The van der Waals surface area contributed by atoms with Crippen LogP contribution in [0.3, 0.4) is 0 Å². The first-order valence-corrected chi connectivity index (χ1v) is 6.75. The van der Waals surface area contributed by atoms with E-state index < -0.39 is 0 Å². The Labute approximate surface area is 111 Å². The Hall–Kier alpha value is -0.280. The molecule has 2 aliphatic rings. The highest BCUT2D eigenvalue weighted by Gasteiger charge is 2.42. The van der Waals surface area contributed by atoms with Crippen LogP contribution in [0.5, 0.6) is 0 Å². The van der Waals surface area contributed by atoms with Gasteiger partial charge in [-0.1, -0.05) is 23.2 Å². The number of halogens is 2. The van der Waals surface area contributed by atoms with E-state index >= 15 is 0 Å². The minimum Gasteiger partial charge on any atom is -0.392 e. The smallest absolute Gasteiger partial charge is 0.0654 e. The molecule has 0 aromatic heterocycles. The third-order valence-electron chi connectivity index (χ3n) is 4.25. The molecule has 0 aliphatic heterocycles. The van der Waals surface area contributed by atoms with E-state index in [4.69, 9.17) is 28.9 Å². The van der Waals surface area contributed by atoms with Gasteiger partial charge in [0, 0.05) is 17.9 Å². The van der Waals surface area contributed by atoms with Crippen LogP contribution in [0.15, 0.2) is 12.1 Å². The molecule has 2 nitrogen and oxygen atoms in total. The van der Waals surface area contributed by atoms with Crippen molar-refractivity contribution < 1.29 is 5.11 Å². The molecule has 3 N–H and O–H groups in total. The molecule has 2 bridgehead atoms. The van der Waals surface area contributed by atoms with Crippen molar-refractivity contribution in [1.82, 2.24) is 0 Å². The fourth-order valence-corrected chi connectivity index (χ4v) is 3.66. The number of rotatable bonds is 0. The minimum atomic E-state index is -0.330. The van der Waals surface area contributed by atoms with Gasteiger partial charge in [0.15, 0.2) is 0 Å². The zero-order valence-electron chi connectivity index (χ0n) is 9.37. The van der Waals surface area contributed by atoms with Crippen molar-refractivity contribution in [2.24, 2.45) is 11.7 Å². The number of hydrogen-bond acceptors (Lipinski definition) is 2. The Morgan fingerprint density at radius 2 is 1.88 bits per heavy atom. The number of fused-ring (bicyclic) bond motifs is 4. The summed E-state index contributed by atoms with van der Waals surface area (Å²) in [4.78, 5) is 0. The minimum absolute atomic E-state index is 0.101. The maximum Gasteiger partial charge on any atom is 0.0654 e. The first kappa shape index (κ1) is 11.8. The van der Waals surface area contributed by atoms with Crippen LogP contribution in [0.2, 0.25) is 10.0 Å². The third kappa shape index (κ3) is 1.78. The van der Waals surface area contributed by atoms with Crippen LogP contribution in [0.25, 0.3) is 0 Å². The lowest BCUT2D eigenvalue weighted by Gasteiger charge is -2.44. The lowest BCUT2D eigenvalue weighted by Crippen LogP contribution is -2.49. The average molecular weight is 272 g/mol. The molecule has 2 aliphatic carbocycles. The summed E-state index contributed by atoms with van der Waals surface area (Å²) in [6.07, 6.45) is 2.39. The number of hydrogen-bond donors (Lipinski definition) is 2. The molecule has 1 fully saturated rings. The van der Waals surface area contributed by atoms with E-state index in [9.17, 15) is 5.11 Å². The molecular weight excluding hydrogens is 257 g/mol. The lowest BCUT2D eigenvalue weighted by atomic mass is 9.65. The van der Waals surface area contributed by atoms with Gasteiger partial charge in [-0.15, -0.1) is 0 Å². The summed E-state index contributed by atoms with van der Waals surface area (Å²) in [7, 11) is 0. The van der Waals surface area contributed by atoms with Gasteiger partial charge in [0.1, 0.15) is 0 Å². The second-order valence-electron chi connectivity index (χ2n) is 5.17. The molecule has 0 amide bonds. The van der Waals surface area contributed by atoms with Crippen LogP contribution >= 0.6 is 23.2 Å². The van der Waals surface area contributed by atoms with Crippen molar-refractivity contribution in [2.75, 3.05) is 0 Å². The molecular formula is C13H15Cl2NO. The summed E-state index contributed by atoms with van der Waals surface area (Å²) in [6, 6.07) is 3.95. The quantitative estimate of drug-likeness (QED) is 0.762. The van der Waals surface area contributed by atoms with Crippen molar-refractivity contribution in [2.45, 2.75) is 37.3 Å². The molecule has 92 valence electrons. The normalized spacial score (nSPS) is 35.5. The molecule has 0 saturated heterocycles. The predicted molar refractivity (Wildman–Crippen MR) is 69.6 cm³/mol. The molecule has 1 aromatic carbocycles. The van der Waals surface area contributed by atoms with Crippen LogP contribution in [-0.4, -0.2) is 17.3 Å². The van der Waals surface area contributed by atoms with Gasteiger partial charge in [-0.2, -0.15) is 0 Å². The van der Waals surface area contributed by atoms with Crippen molar-refractivity contribution in [3.63, 3.8) is 0 Å². The summed E-state index contributed by atoms with van der Waals surface area (Å²) in [5.74, 6) is 0.344. The highest BCUT2D eigenvalue weighted by Crippen LogP contribution is 2.45. The zero-order chi connectivity index (χ0) is 12.2. The van der Waals surface area contributed by atoms with Crippen LogP contribution in [0, 0.1) is 5.92 Å². The molecule has 1 aromatic rings. The summed E-state index contributed by atoms with van der Waals surface area (Å²) in [6.45, 7) is 0. The van der Waals surface area contributed by atoms with E-state index in [2.05, 4.69) is 0 Å². The SMILES string of the molecule is N[C@H]1CC[C@@H]2c3cc(Cl)c(Cl)cc3C[C@H]1[C@@H]2O. The van der Waals surface area contributed by atoms with Crippen LogP contribution in [0.1, 0.15) is 29.9 Å². The Bertz CT molecular complexity index is 463. The molecule has 1 saturated carbocycles. The largest absolute Gasteiger partial charge is 0.392 e. The topological polar surface area (TPSA) is 46.2 Å². The van der Waals surface area contributed by atoms with E-state index in [-0.39, 0.29) is 24.0 Å². The van der Waals surface area contributed by atoms with Gasteiger partial charge >= 0.3 is 0 Å². The Morgan fingerprint density at radius 3 is 2.65 bits per heavy atom. The number of aliphatic hydroxyl groups excluding tert-OH is 1. The van der Waals surface area contributed by atoms with Gasteiger partial charge in [-0.05, 0) is 42.5 Å². The summed E-state index contributed by atoms with van der Waals surface area (Å²) < 4.78 is 0. The molecule has 0 spiro atoms. The molecule has 4 atom stereocenters. The lowest BCUT2D eigenvalue weighted by molar-refractivity contribution is 0.0284. The molecule has 3 rings (SSSR count). The maximum atomic E-state index is 10.3. The Balaban J connectivity index is 2.10. The molecule has 0 radical (unpaired) electrons.